The van der Waals surface area contributed by atoms with Crippen molar-refractivity contribution >= 4 is 32.8 Å². The number of likely N-dealkylation sites (tertiary alicyclic amines) is 1. The number of benzene rings is 1. The Hall–Kier alpha value is -1.33. The molecule has 1 amide bonds. The number of amides is 1. The predicted octanol–water partition coefficient (Wildman–Crippen LogP) is 2.37. The van der Waals surface area contributed by atoms with Crippen LogP contribution >= 0.6 is 15.9 Å². The standard InChI is InChI=1S/C13H13BrN2O2/c14-10-2-1-3-11-9(10)6-12(18-11)13(17)16-5-4-8(15)7-16/h1-3,6,8H,4-5,7,15H2. The first-order chi connectivity index (χ1) is 8.65. The molecule has 0 saturated carbocycles. The summed E-state index contributed by atoms with van der Waals surface area (Å²) in [5.41, 5.74) is 6.53. The summed E-state index contributed by atoms with van der Waals surface area (Å²) < 4.78 is 6.53. The van der Waals surface area contributed by atoms with Crippen LogP contribution in [0.3, 0.4) is 0 Å². The highest BCUT2D eigenvalue weighted by molar-refractivity contribution is 9.10. The van der Waals surface area contributed by atoms with Crippen LogP contribution in [-0.2, 0) is 0 Å². The molecule has 4 nitrogen and oxygen atoms in total. The van der Waals surface area contributed by atoms with Gasteiger partial charge in [-0.1, -0.05) is 22.0 Å². The molecule has 2 N–H and O–H groups in total. The van der Waals surface area contributed by atoms with Crippen molar-refractivity contribution in [3.05, 3.63) is 34.5 Å². The number of carbonyl (C=O) groups excluding carboxylic acids is 1. The van der Waals surface area contributed by atoms with E-state index in [0.717, 1.165) is 21.9 Å². The van der Waals surface area contributed by atoms with E-state index in [4.69, 9.17) is 10.2 Å². The van der Waals surface area contributed by atoms with Crippen molar-refractivity contribution in [1.82, 2.24) is 4.90 Å². The molecule has 1 aromatic carbocycles. The minimum absolute atomic E-state index is 0.0777. The molecule has 2 heterocycles. The van der Waals surface area contributed by atoms with E-state index in [9.17, 15) is 4.79 Å². The van der Waals surface area contributed by atoms with Crippen LogP contribution in [0.25, 0.3) is 11.0 Å². The molecular formula is C13H13BrN2O2. The smallest absolute Gasteiger partial charge is 0.289 e. The summed E-state index contributed by atoms with van der Waals surface area (Å²) in [6.07, 6.45) is 0.857. The molecule has 1 atom stereocenters. The van der Waals surface area contributed by atoms with Crippen LogP contribution < -0.4 is 5.73 Å². The van der Waals surface area contributed by atoms with E-state index in [-0.39, 0.29) is 11.9 Å². The summed E-state index contributed by atoms with van der Waals surface area (Å²) in [6.45, 7) is 1.31. The molecule has 1 unspecified atom stereocenters. The van der Waals surface area contributed by atoms with E-state index in [2.05, 4.69) is 15.9 Å². The second-order valence-electron chi connectivity index (χ2n) is 4.56. The zero-order valence-corrected chi connectivity index (χ0v) is 11.3. The molecule has 0 radical (unpaired) electrons. The van der Waals surface area contributed by atoms with Crippen molar-refractivity contribution < 1.29 is 9.21 Å². The number of fused-ring (bicyclic) bond motifs is 1. The maximum absolute atomic E-state index is 12.2. The zero-order chi connectivity index (χ0) is 12.7. The normalized spacial score (nSPS) is 19.7. The van der Waals surface area contributed by atoms with E-state index in [1.807, 2.05) is 18.2 Å². The monoisotopic (exact) mass is 308 g/mol. The van der Waals surface area contributed by atoms with Gasteiger partial charge in [0.2, 0.25) is 0 Å². The van der Waals surface area contributed by atoms with Gasteiger partial charge in [0.15, 0.2) is 5.76 Å². The summed E-state index contributed by atoms with van der Waals surface area (Å²) in [5, 5.41) is 0.921. The number of rotatable bonds is 1. The lowest BCUT2D eigenvalue weighted by Gasteiger charge is -2.13. The van der Waals surface area contributed by atoms with Crippen LogP contribution in [-0.4, -0.2) is 29.9 Å². The maximum Gasteiger partial charge on any atom is 0.289 e. The molecule has 18 heavy (non-hydrogen) atoms. The molecule has 3 rings (SSSR count). The Morgan fingerprint density at radius 2 is 2.33 bits per heavy atom. The third kappa shape index (κ3) is 1.93. The Labute approximate surface area is 113 Å². The van der Waals surface area contributed by atoms with Gasteiger partial charge in [-0.05, 0) is 24.6 Å². The highest BCUT2D eigenvalue weighted by atomic mass is 79.9. The number of carbonyl (C=O) groups is 1. The van der Waals surface area contributed by atoms with Crippen LogP contribution in [0.1, 0.15) is 17.0 Å². The van der Waals surface area contributed by atoms with E-state index in [1.165, 1.54) is 0 Å². The van der Waals surface area contributed by atoms with Gasteiger partial charge in [0.05, 0.1) is 0 Å². The summed E-state index contributed by atoms with van der Waals surface area (Å²) in [5.74, 6) is 0.303. The number of hydrogen-bond acceptors (Lipinski definition) is 3. The quantitative estimate of drug-likeness (QED) is 0.880. The zero-order valence-electron chi connectivity index (χ0n) is 9.73. The highest BCUT2D eigenvalue weighted by Crippen LogP contribution is 2.28. The van der Waals surface area contributed by atoms with E-state index < -0.39 is 0 Å². The first-order valence-electron chi connectivity index (χ1n) is 5.88. The number of nitrogens with two attached hydrogens (primary N) is 1. The van der Waals surface area contributed by atoms with Crippen molar-refractivity contribution in [2.75, 3.05) is 13.1 Å². The average molecular weight is 309 g/mol. The minimum Gasteiger partial charge on any atom is -0.451 e. The van der Waals surface area contributed by atoms with E-state index >= 15 is 0 Å². The lowest BCUT2D eigenvalue weighted by Crippen LogP contribution is -2.31. The Balaban J connectivity index is 1.95. The van der Waals surface area contributed by atoms with Crippen LogP contribution in [0, 0.1) is 0 Å². The fraction of sp³-hybridized carbons (Fsp3) is 0.308. The van der Waals surface area contributed by atoms with Crippen molar-refractivity contribution in [3.8, 4) is 0 Å². The largest absolute Gasteiger partial charge is 0.451 e. The van der Waals surface area contributed by atoms with Gasteiger partial charge in [-0.15, -0.1) is 0 Å². The minimum atomic E-state index is -0.0777. The van der Waals surface area contributed by atoms with Crippen LogP contribution in [0.4, 0.5) is 0 Å². The molecule has 5 heteroatoms. The third-order valence-corrected chi connectivity index (χ3v) is 3.92. The topological polar surface area (TPSA) is 59.5 Å². The fourth-order valence-electron chi connectivity index (χ4n) is 2.26. The second kappa shape index (κ2) is 4.40. The van der Waals surface area contributed by atoms with E-state index in [0.29, 0.717) is 18.8 Å². The molecule has 2 aromatic rings. The van der Waals surface area contributed by atoms with Crippen LogP contribution in [0.15, 0.2) is 33.2 Å². The second-order valence-corrected chi connectivity index (χ2v) is 5.42. The molecule has 94 valence electrons. The van der Waals surface area contributed by atoms with Gasteiger partial charge in [-0.2, -0.15) is 0 Å². The van der Waals surface area contributed by atoms with Crippen LogP contribution in [0.5, 0.6) is 0 Å². The number of furan rings is 1. The Bertz CT molecular complexity index is 608. The lowest BCUT2D eigenvalue weighted by atomic mass is 10.2. The van der Waals surface area contributed by atoms with Crippen molar-refractivity contribution in [2.45, 2.75) is 12.5 Å². The Kier molecular flexibility index (Phi) is 2.87. The van der Waals surface area contributed by atoms with E-state index in [1.54, 1.807) is 11.0 Å². The van der Waals surface area contributed by atoms with Crippen molar-refractivity contribution in [3.63, 3.8) is 0 Å². The molecule has 0 spiro atoms. The van der Waals surface area contributed by atoms with Gasteiger partial charge in [-0.25, -0.2) is 0 Å². The maximum atomic E-state index is 12.2. The molecule has 1 fully saturated rings. The fourth-order valence-corrected chi connectivity index (χ4v) is 2.72. The molecule has 1 aromatic heterocycles. The number of hydrogen-bond donors (Lipinski definition) is 1. The molecule has 1 aliphatic rings. The summed E-state index contributed by atoms with van der Waals surface area (Å²) in [7, 11) is 0. The number of halogens is 1. The first-order valence-corrected chi connectivity index (χ1v) is 6.67. The highest BCUT2D eigenvalue weighted by Gasteiger charge is 2.26. The van der Waals surface area contributed by atoms with Crippen molar-refractivity contribution in [1.29, 1.82) is 0 Å². The molecule has 1 aliphatic heterocycles. The Morgan fingerprint density at radius 1 is 1.50 bits per heavy atom. The van der Waals surface area contributed by atoms with Gasteiger partial charge < -0.3 is 15.1 Å². The molecule has 0 aliphatic carbocycles. The van der Waals surface area contributed by atoms with Gasteiger partial charge in [-0.3, -0.25) is 4.79 Å². The van der Waals surface area contributed by atoms with Crippen LogP contribution in [0.2, 0.25) is 0 Å². The summed E-state index contributed by atoms with van der Waals surface area (Å²) in [6, 6.07) is 7.54. The van der Waals surface area contributed by atoms with Crippen molar-refractivity contribution in [2.24, 2.45) is 5.73 Å². The van der Waals surface area contributed by atoms with Gasteiger partial charge >= 0.3 is 0 Å². The molecular weight excluding hydrogens is 296 g/mol. The average Bonchev–Trinajstić information content (AvgIpc) is 2.95. The lowest BCUT2D eigenvalue weighted by molar-refractivity contribution is 0.0761. The molecule has 0 bridgehead atoms. The molecule has 1 saturated heterocycles. The number of nitrogens with zero attached hydrogens (tertiary/aromatic N) is 1. The summed E-state index contributed by atoms with van der Waals surface area (Å²) in [4.78, 5) is 14.0. The van der Waals surface area contributed by atoms with Gasteiger partial charge in [0.25, 0.3) is 5.91 Å². The Morgan fingerprint density at radius 3 is 3.00 bits per heavy atom. The van der Waals surface area contributed by atoms with Gasteiger partial charge in [0, 0.05) is 29.0 Å². The van der Waals surface area contributed by atoms with Gasteiger partial charge in [0.1, 0.15) is 5.58 Å². The first kappa shape index (κ1) is 11.7. The predicted molar refractivity (Wildman–Crippen MR) is 72.4 cm³/mol. The third-order valence-electron chi connectivity index (χ3n) is 3.23. The summed E-state index contributed by atoms with van der Waals surface area (Å²) >= 11 is 3.45. The SMILES string of the molecule is NC1CCN(C(=O)c2cc3c(Br)cccc3o2)C1.